The second kappa shape index (κ2) is 10.7. The van der Waals surface area contributed by atoms with Crippen LogP contribution >= 0.6 is 11.3 Å². The number of carbonyl (C=O) groups is 2. The van der Waals surface area contributed by atoms with Gasteiger partial charge in [-0.3, -0.25) is 14.9 Å². The zero-order valence-electron chi connectivity index (χ0n) is 19.3. The second-order valence-corrected chi connectivity index (χ2v) is 8.25. The number of carbonyl (C=O) groups excluding carboxylic acids is 2. The molecule has 178 valence electrons. The summed E-state index contributed by atoms with van der Waals surface area (Å²) in [5, 5.41) is 6.57. The molecule has 0 bridgehead atoms. The Balaban J connectivity index is 1.65. The molecule has 0 radical (unpaired) electrons. The Morgan fingerprint density at radius 3 is 1.89 bits per heavy atom. The summed E-state index contributed by atoms with van der Waals surface area (Å²) in [5.74, 6) is 0.416. The minimum Gasteiger partial charge on any atom is -0.493 e. The molecule has 9 heteroatoms. The molecular weight excluding hydrogens is 466 g/mol. The van der Waals surface area contributed by atoms with Gasteiger partial charge < -0.3 is 19.5 Å². The third-order valence-electron chi connectivity index (χ3n) is 5.08. The maximum Gasteiger partial charge on any atom is 0.257 e. The molecule has 2 amide bonds. The van der Waals surface area contributed by atoms with E-state index in [1.165, 1.54) is 32.7 Å². The number of benzene rings is 3. The van der Waals surface area contributed by atoms with Crippen molar-refractivity contribution in [2.75, 3.05) is 32.0 Å². The number of hydrogen-bond donors (Lipinski definition) is 2. The Labute approximate surface area is 206 Å². The Morgan fingerprint density at radius 1 is 0.743 bits per heavy atom. The van der Waals surface area contributed by atoms with E-state index in [2.05, 4.69) is 15.6 Å². The van der Waals surface area contributed by atoms with E-state index in [4.69, 9.17) is 14.2 Å². The number of hydrogen-bond acceptors (Lipinski definition) is 7. The molecule has 4 aromatic rings. The quantitative estimate of drug-likeness (QED) is 0.347. The van der Waals surface area contributed by atoms with E-state index in [9.17, 15) is 9.59 Å². The fraction of sp³-hybridized carbons (Fsp3) is 0.115. The van der Waals surface area contributed by atoms with Crippen LogP contribution in [0.2, 0.25) is 0 Å². The maximum absolute atomic E-state index is 13.1. The van der Waals surface area contributed by atoms with Gasteiger partial charge >= 0.3 is 0 Å². The Bertz CT molecular complexity index is 1310. The summed E-state index contributed by atoms with van der Waals surface area (Å²) in [7, 11) is 4.45. The predicted octanol–water partition coefficient (Wildman–Crippen LogP) is 5.34. The SMILES string of the molecule is COc1cc(C(=O)Nc2nc(-c3ccccc3)c(NC(=O)c3ccccc3)s2)cc(OC)c1OC. The van der Waals surface area contributed by atoms with Gasteiger partial charge in [0.1, 0.15) is 10.7 Å². The van der Waals surface area contributed by atoms with Crippen molar-refractivity contribution >= 4 is 33.3 Å². The number of thiazole rings is 1. The highest BCUT2D eigenvalue weighted by molar-refractivity contribution is 7.20. The number of anilines is 2. The van der Waals surface area contributed by atoms with Gasteiger partial charge in [-0.15, -0.1) is 0 Å². The summed E-state index contributed by atoms with van der Waals surface area (Å²) in [5.41, 5.74) is 2.18. The van der Waals surface area contributed by atoms with Crippen LogP contribution in [0.5, 0.6) is 17.2 Å². The van der Waals surface area contributed by atoms with Gasteiger partial charge in [-0.1, -0.05) is 59.9 Å². The molecule has 0 saturated heterocycles. The van der Waals surface area contributed by atoms with Gasteiger partial charge in [0.25, 0.3) is 11.8 Å². The first-order valence-electron chi connectivity index (χ1n) is 10.6. The predicted molar refractivity (Wildman–Crippen MR) is 136 cm³/mol. The number of ether oxygens (including phenoxy) is 3. The van der Waals surface area contributed by atoms with E-state index in [1.807, 2.05) is 36.4 Å². The molecule has 2 N–H and O–H groups in total. The van der Waals surface area contributed by atoms with Crippen molar-refractivity contribution in [2.24, 2.45) is 0 Å². The first-order chi connectivity index (χ1) is 17.0. The largest absolute Gasteiger partial charge is 0.493 e. The summed E-state index contributed by atoms with van der Waals surface area (Å²) in [6.07, 6.45) is 0. The number of rotatable bonds is 8. The monoisotopic (exact) mass is 489 g/mol. The van der Waals surface area contributed by atoms with Crippen molar-refractivity contribution in [3.05, 3.63) is 83.9 Å². The minimum absolute atomic E-state index is 0.270. The standard InChI is InChI=1S/C26H23N3O5S/c1-32-19-14-18(15-20(33-2)22(19)34-3)24(31)29-26-27-21(16-10-6-4-7-11-16)25(35-26)28-23(30)17-12-8-5-9-13-17/h4-15H,1-3H3,(H,28,30)(H,27,29,31). The van der Waals surface area contributed by atoms with E-state index < -0.39 is 5.91 Å². The molecule has 0 spiro atoms. The molecule has 0 atom stereocenters. The molecular formula is C26H23N3O5S. The van der Waals surface area contributed by atoms with Crippen LogP contribution in [0.1, 0.15) is 20.7 Å². The van der Waals surface area contributed by atoms with Crippen molar-refractivity contribution < 1.29 is 23.8 Å². The summed E-state index contributed by atoms with van der Waals surface area (Å²) in [4.78, 5) is 30.5. The highest BCUT2D eigenvalue weighted by atomic mass is 32.1. The molecule has 0 aliphatic rings. The van der Waals surface area contributed by atoms with Gasteiger partial charge in [0, 0.05) is 16.7 Å². The highest BCUT2D eigenvalue weighted by Crippen LogP contribution is 2.39. The van der Waals surface area contributed by atoms with Crippen LogP contribution in [-0.2, 0) is 0 Å². The van der Waals surface area contributed by atoms with E-state index in [-0.39, 0.29) is 5.91 Å². The summed E-state index contributed by atoms with van der Waals surface area (Å²) in [6.45, 7) is 0. The summed E-state index contributed by atoms with van der Waals surface area (Å²) in [6, 6.07) is 21.4. The van der Waals surface area contributed by atoms with Crippen molar-refractivity contribution in [3.8, 4) is 28.5 Å². The highest BCUT2D eigenvalue weighted by Gasteiger charge is 2.21. The number of nitrogens with one attached hydrogen (secondary N) is 2. The lowest BCUT2D eigenvalue weighted by Gasteiger charge is -2.13. The van der Waals surface area contributed by atoms with Crippen LogP contribution in [0.4, 0.5) is 10.1 Å². The third-order valence-corrected chi connectivity index (χ3v) is 5.97. The van der Waals surface area contributed by atoms with E-state index in [0.717, 1.165) is 5.56 Å². The van der Waals surface area contributed by atoms with Crippen molar-refractivity contribution in [3.63, 3.8) is 0 Å². The first kappa shape index (κ1) is 23.8. The van der Waals surface area contributed by atoms with Gasteiger partial charge in [0.2, 0.25) is 5.75 Å². The lowest BCUT2D eigenvalue weighted by molar-refractivity contribution is 0.101. The molecule has 1 aromatic heterocycles. The molecule has 35 heavy (non-hydrogen) atoms. The van der Waals surface area contributed by atoms with Crippen LogP contribution in [0.15, 0.2) is 72.8 Å². The van der Waals surface area contributed by atoms with Crippen molar-refractivity contribution in [1.29, 1.82) is 0 Å². The molecule has 0 unspecified atom stereocenters. The first-order valence-corrected chi connectivity index (χ1v) is 11.4. The second-order valence-electron chi connectivity index (χ2n) is 7.25. The minimum atomic E-state index is -0.418. The fourth-order valence-electron chi connectivity index (χ4n) is 3.40. The number of nitrogens with zero attached hydrogens (tertiary/aromatic N) is 1. The molecule has 1 heterocycles. The molecule has 4 rings (SSSR count). The van der Waals surface area contributed by atoms with Gasteiger partial charge in [0.05, 0.1) is 21.3 Å². The van der Waals surface area contributed by atoms with Crippen LogP contribution < -0.4 is 24.8 Å². The van der Waals surface area contributed by atoms with Crippen molar-refractivity contribution in [2.45, 2.75) is 0 Å². The number of aromatic nitrogens is 1. The van der Waals surface area contributed by atoms with E-state index >= 15 is 0 Å². The zero-order valence-corrected chi connectivity index (χ0v) is 20.1. The van der Waals surface area contributed by atoms with Crippen LogP contribution in [0.3, 0.4) is 0 Å². The van der Waals surface area contributed by atoms with E-state index in [1.54, 1.807) is 36.4 Å². The van der Waals surface area contributed by atoms with Gasteiger partial charge in [0.15, 0.2) is 16.6 Å². The van der Waals surface area contributed by atoms with Crippen LogP contribution in [0, 0.1) is 0 Å². The summed E-state index contributed by atoms with van der Waals surface area (Å²) < 4.78 is 16.0. The molecule has 0 fully saturated rings. The fourth-order valence-corrected chi connectivity index (χ4v) is 4.27. The van der Waals surface area contributed by atoms with Gasteiger partial charge in [-0.05, 0) is 24.3 Å². The number of methoxy groups -OCH3 is 3. The summed E-state index contributed by atoms with van der Waals surface area (Å²) >= 11 is 1.17. The molecule has 0 saturated carbocycles. The average molecular weight is 490 g/mol. The molecule has 0 aliphatic heterocycles. The molecule has 8 nitrogen and oxygen atoms in total. The van der Waals surface area contributed by atoms with Gasteiger partial charge in [-0.2, -0.15) is 0 Å². The zero-order chi connectivity index (χ0) is 24.8. The van der Waals surface area contributed by atoms with Crippen LogP contribution in [-0.4, -0.2) is 38.1 Å². The lowest BCUT2D eigenvalue weighted by atomic mass is 10.1. The topological polar surface area (TPSA) is 98.8 Å². The van der Waals surface area contributed by atoms with Gasteiger partial charge in [-0.25, -0.2) is 4.98 Å². The maximum atomic E-state index is 13.1. The Morgan fingerprint density at radius 2 is 1.31 bits per heavy atom. The van der Waals surface area contributed by atoms with Crippen LogP contribution in [0.25, 0.3) is 11.3 Å². The lowest BCUT2D eigenvalue weighted by Crippen LogP contribution is -2.12. The third kappa shape index (κ3) is 5.25. The molecule has 3 aromatic carbocycles. The smallest absolute Gasteiger partial charge is 0.257 e. The molecule has 0 aliphatic carbocycles. The average Bonchev–Trinajstić information content (AvgIpc) is 3.30. The van der Waals surface area contributed by atoms with Crippen molar-refractivity contribution in [1.82, 2.24) is 4.98 Å². The van der Waals surface area contributed by atoms with E-state index in [0.29, 0.717) is 44.2 Å². The Kier molecular flexibility index (Phi) is 7.27. The normalized spacial score (nSPS) is 10.4. The number of amides is 2. The Hall–Kier alpha value is -4.37.